The fraction of sp³-hybridized carbons (Fsp3) is 0.250. The van der Waals surface area contributed by atoms with E-state index in [1.807, 2.05) is 61.5 Å². The number of rotatable bonds is 3. The van der Waals surface area contributed by atoms with Gasteiger partial charge in [0, 0.05) is 60.8 Å². The van der Waals surface area contributed by atoms with Crippen LogP contribution in [0.15, 0.2) is 67.1 Å². The van der Waals surface area contributed by atoms with Crippen molar-refractivity contribution in [3.05, 3.63) is 78.2 Å². The van der Waals surface area contributed by atoms with Crippen molar-refractivity contribution < 1.29 is 4.79 Å². The van der Waals surface area contributed by atoms with Crippen LogP contribution >= 0.6 is 0 Å². The lowest BCUT2D eigenvalue weighted by atomic mass is 9.88. The highest BCUT2D eigenvalue weighted by Gasteiger charge is 2.38. The molecule has 1 saturated heterocycles. The largest absolute Gasteiger partial charge is 0.340 e. The van der Waals surface area contributed by atoms with Gasteiger partial charge in [0.1, 0.15) is 0 Å². The number of aromatic nitrogens is 3. The smallest absolute Gasteiger partial charge is 0.227 e. The predicted octanol–water partition coefficient (Wildman–Crippen LogP) is 4.33. The van der Waals surface area contributed by atoms with Gasteiger partial charge in [0.05, 0.1) is 23.0 Å². The van der Waals surface area contributed by atoms with Crippen LogP contribution in [-0.2, 0) is 11.3 Å². The fourth-order valence-electron chi connectivity index (χ4n) is 5.15. The third-order valence-corrected chi connectivity index (χ3v) is 7.27. The first kappa shape index (κ1) is 21.4. The van der Waals surface area contributed by atoms with E-state index in [1.54, 1.807) is 0 Å². The van der Waals surface area contributed by atoms with Gasteiger partial charge < -0.3 is 15.2 Å². The van der Waals surface area contributed by atoms with Crippen LogP contribution in [0.3, 0.4) is 0 Å². The molecule has 4 aromatic rings. The summed E-state index contributed by atoms with van der Waals surface area (Å²) in [5, 5.41) is 9.12. The number of carbonyl (C=O) groups is 1. The van der Waals surface area contributed by atoms with Gasteiger partial charge in [-0.1, -0.05) is 12.1 Å². The number of nitrogens with two attached hydrogens (primary N) is 1. The fourth-order valence-corrected chi connectivity index (χ4v) is 5.15. The number of amides is 1. The minimum Gasteiger partial charge on any atom is -0.340 e. The molecule has 2 N–H and O–H groups in total. The molecular formula is C28H26N6O. The van der Waals surface area contributed by atoms with Crippen molar-refractivity contribution in [2.75, 3.05) is 11.4 Å². The Hall–Kier alpha value is -4.15. The Morgan fingerprint density at radius 2 is 1.91 bits per heavy atom. The Morgan fingerprint density at radius 1 is 1.11 bits per heavy atom. The lowest BCUT2D eigenvalue weighted by molar-refractivity contribution is -0.117. The molecular weight excluding hydrogens is 436 g/mol. The zero-order valence-corrected chi connectivity index (χ0v) is 19.8. The third kappa shape index (κ3) is 3.54. The van der Waals surface area contributed by atoms with Crippen LogP contribution in [0.4, 0.5) is 5.69 Å². The van der Waals surface area contributed by atoms with Crippen LogP contribution < -0.4 is 10.6 Å². The van der Waals surface area contributed by atoms with Crippen molar-refractivity contribution in [1.29, 1.82) is 5.26 Å². The lowest BCUT2D eigenvalue weighted by Crippen LogP contribution is -2.42. The van der Waals surface area contributed by atoms with Crippen LogP contribution in [-0.4, -0.2) is 32.1 Å². The van der Waals surface area contributed by atoms with Crippen LogP contribution in [0.1, 0.15) is 31.4 Å². The predicted molar refractivity (Wildman–Crippen MR) is 135 cm³/mol. The number of hydrogen-bond acceptors (Lipinski definition) is 4. The number of nitriles is 1. The third-order valence-electron chi connectivity index (χ3n) is 7.27. The van der Waals surface area contributed by atoms with Gasteiger partial charge in [0.2, 0.25) is 5.91 Å². The standard InChI is InChI=1S/C28H26N6O/c1-28(2,30)22-13-26(35)34(17-22)23-7-8-24-21(11-23)16-32-15-20(19-5-3-18(14-29)4-6-19)12-25(32)27-31-9-10-33(24)27/h3-12,15,22H,13,16-17,30H2,1-2H3. The zero-order chi connectivity index (χ0) is 24.3. The Labute approximate surface area is 204 Å². The van der Waals surface area contributed by atoms with Crippen molar-refractivity contribution in [2.24, 2.45) is 11.7 Å². The molecule has 1 amide bonds. The van der Waals surface area contributed by atoms with E-state index in [2.05, 4.69) is 44.6 Å². The normalized spacial score (nSPS) is 16.9. The van der Waals surface area contributed by atoms with E-state index in [-0.39, 0.29) is 11.8 Å². The summed E-state index contributed by atoms with van der Waals surface area (Å²) >= 11 is 0. The molecule has 7 nitrogen and oxygen atoms in total. The van der Waals surface area contributed by atoms with Gasteiger partial charge in [0.15, 0.2) is 5.82 Å². The highest BCUT2D eigenvalue weighted by Crippen LogP contribution is 2.37. The Balaban J connectivity index is 1.40. The molecule has 0 saturated carbocycles. The molecule has 1 fully saturated rings. The molecule has 0 radical (unpaired) electrons. The summed E-state index contributed by atoms with van der Waals surface area (Å²) in [7, 11) is 0. The first-order chi connectivity index (χ1) is 16.8. The monoisotopic (exact) mass is 462 g/mol. The highest BCUT2D eigenvalue weighted by molar-refractivity contribution is 5.96. The minimum absolute atomic E-state index is 0.121. The number of anilines is 1. The van der Waals surface area contributed by atoms with Gasteiger partial charge in [0.25, 0.3) is 0 Å². The summed E-state index contributed by atoms with van der Waals surface area (Å²) < 4.78 is 4.32. The summed E-state index contributed by atoms with van der Waals surface area (Å²) in [6.07, 6.45) is 6.40. The molecule has 0 bridgehead atoms. The molecule has 7 heteroatoms. The van der Waals surface area contributed by atoms with Crippen molar-refractivity contribution in [3.8, 4) is 34.4 Å². The molecule has 0 spiro atoms. The second kappa shape index (κ2) is 7.69. The quantitative estimate of drug-likeness (QED) is 0.432. The summed E-state index contributed by atoms with van der Waals surface area (Å²) in [4.78, 5) is 19.4. The first-order valence-electron chi connectivity index (χ1n) is 11.8. The van der Waals surface area contributed by atoms with E-state index in [4.69, 9.17) is 11.0 Å². The number of carbonyl (C=O) groups excluding carboxylic acids is 1. The number of benzene rings is 2. The molecule has 35 heavy (non-hydrogen) atoms. The Morgan fingerprint density at radius 3 is 2.63 bits per heavy atom. The second-order valence-electron chi connectivity index (χ2n) is 10.1. The summed E-state index contributed by atoms with van der Waals surface area (Å²) in [5.41, 5.74) is 12.8. The van der Waals surface area contributed by atoms with E-state index >= 15 is 0 Å². The molecule has 2 aliphatic rings. The van der Waals surface area contributed by atoms with Gasteiger partial charge >= 0.3 is 0 Å². The first-order valence-corrected chi connectivity index (χ1v) is 11.8. The minimum atomic E-state index is -0.399. The summed E-state index contributed by atoms with van der Waals surface area (Å²) in [6.45, 7) is 5.27. The van der Waals surface area contributed by atoms with Gasteiger partial charge in [-0.15, -0.1) is 0 Å². The average Bonchev–Trinajstić information content (AvgIpc) is 3.56. The van der Waals surface area contributed by atoms with Crippen molar-refractivity contribution in [2.45, 2.75) is 32.4 Å². The number of hydrogen-bond donors (Lipinski definition) is 1. The number of imidazole rings is 1. The van der Waals surface area contributed by atoms with E-state index < -0.39 is 5.54 Å². The van der Waals surface area contributed by atoms with E-state index in [1.165, 1.54) is 0 Å². The van der Waals surface area contributed by atoms with E-state index in [9.17, 15) is 4.79 Å². The number of nitrogens with zero attached hydrogens (tertiary/aromatic N) is 5. The van der Waals surface area contributed by atoms with Crippen LogP contribution in [0.2, 0.25) is 0 Å². The van der Waals surface area contributed by atoms with Crippen LogP contribution in [0, 0.1) is 17.2 Å². The molecule has 2 aliphatic heterocycles. The molecule has 174 valence electrons. The molecule has 2 aromatic heterocycles. The molecule has 6 rings (SSSR count). The van der Waals surface area contributed by atoms with Crippen LogP contribution in [0.5, 0.6) is 0 Å². The highest BCUT2D eigenvalue weighted by atomic mass is 16.2. The maximum absolute atomic E-state index is 12.9. The second-order valence-corrected chi connectivity index (χ2v) is 10.1. The van der Waals surface area contributed by atoms with Crippen molar-refractivity contribution in [1.82, 2.24) is 14.1 Å². The average molecular weight is 463 g/mol. The molecule has 1 atom stereocenters. The molecule has 1 unspecified atom stereocenters. The van der Waals surface area contributed by atoms with Crippen LogP contribution in [0.25, 0.3) is 28.3 Å². The topological polar surface area (TPSA) is 92.9 Å². The Bertz CT molecular complexity index is 1500. The molecule has 2 aromatic carbocycles. The SMILES string of the molecule is CC(C)(N)C1CC(=O)N(c2ccc3c(c2)Cn2cc(-c4ccc(C#N)cc4)cc2-c2nccn2-3)C1. The molecule has 0 aliphatic carbocycles. The zero-order valence-electron chi connectivity index (χ0n) is 19.8. The summed E-state index contributed by atoms with van der Waals surface area (Å²) in [5.74, 6) is 1.12. The van der Waals surface area contributed by atoms with E-state index in [0.717, 1.165) is 39.6 Å². The van der Waals surface area contributed by atoms with E-state index in [0.29, 0.717) is 25.1 Å². The lowest BCUT2D eigenvalue weighted by Gasteiger charge is -2.26. The van der Waals surface area contributed by atoms with Crippen molar-refractivity contribution in [3.63, 3.8) is 0 Å². The maximum Gasteiger partial charge on any atom is 0.227 e. The Kier molecular flexibility index (Phi) is 4.70. The summed E-state index contributed by atoms with van der Waals surface area (Å²) in [6, 6.07) is 18.2. The van der Waals surface area contributed by atoms with Gasteiger partial charge in [-0.2, -0.15) is 5.26 Å². The van der Waals surface area contributed by atoms with Gasteiger partial charge in [-0.25, -0.2) is 4.98 Å². The number of fused-ring (bicyclic) bond motifs is 5. The maximum atomic E-state index is 12.9. The van der Waals surface area contributed by atoms with Gasteiger partial charge in [-0.3, -0.25) is 9.36 Å². The van der Waals surface area contributed by atoms with Crippen molar-refractivity contribution >= 4 is 11.6 Å². The molecule has 4 heterocycles. The van der Waals surface area contributed by atoms with Gasteiger partial charge in [-0.05, 0) is 61.4 Å².